The molecule has 2 aliphatic rings. The largest absolute Gasteiger partial charge is 0.347 e. The lowest BCUT2D eigenvalue weighted by Crippen LogP contribution is -2.53. The molecule has 1 aromatic heterocycles. The number of nitrogens with two attached hydrogens (primary N) is 1. The zero-order chi connectivity index (χ0) is 18.3. The molecule has 26 heavy (non-hydrogen) atoms. The van der Waals surface area contributed by atoms with Gasteiger partial charge in [0.2, 0.25) is 0 Å². The Kier molecular flexibility index (Phi) is 4.44. The average Bonchev–Trinajstić information content (AvgIpc) is 2.98. The summed E-state index contributed by atoms with van der Waals surface area (Å²) in [5.41, 5.74) is 8.08. The van der Waals surface area contributed by atoms with E-state index in [0.29, 0.717) is 17.5 Å². The lowest BCUT2D eigenvalue weighted by molar-refractivity contribution is 0.0751. The van der Waals surface area contributed by atoms with Crippen LogP contribution in [0.5, 0.6) is 0 Å². The molecular formula is C20H26N4O2. The fourth-order valence-corrected chi connectivity index (χ4v) is 4.65. The lowest BCUT2D eigenvalue weighted by Gasteiger charge is -2.45. The predicted molar refractivity (Wildman–Crippen MR) is 100 cm³/mol. The number of aryl methyl sites for hydroxylation is 1. The van der Waals surface area contributed by atoms with Gasteiger partial charge < -0.3 is 11.1 Å². The molecule has 2 saturated carbocycles. The molecule has 0 saturated heterocycles. The Morgan fingerprint density at radius 2 is 1.85 bits per heavy atom. The molecule has 4 rings (SSSR count). The molecular weight excluding hydrogens is 328 g/mol. The van der Waals surface area contributed by atoms with Gasteiger partial charge in [-0.25, -0.2) is 4.68 Å². The minimum atomic E-state index is -0.232. The molecule has 2 aromatic rings. The Balaban J connectivity index is 1.53. The van der Waals surface area contributed by atoms with Crippen molar-refractivity contribution in [2.75, 3.05) is 0 Å². The summed E-state index contributed by atoms with van der Waals surface area (Å²) >= 11 is 0. The van der Waals surface area contributed by atoms with E-state index in [9.17, 15) is 9.59 Å². The van der Waals surface area contributed by atoms with Crippen LogP contribution < -0.4 is 16.6 Å². The number of benzene rings is 1. The van der Waals surface area contributed by atoms with E-state index >= 15 is 0 Å². The minimum Gasteiger partial charge on any atom is -0.347 e. The number of hydrogen-bond donors (Lipinski definition) is 3. The molecule has 4 N–H and O–H groups in total. The number of carbonyl (C=O) groups excluding carboxylic acids is 1. The summed E-state index contributed by atoms with van der Waals surface area (Å²) in [7, 11) is 0. The van der Waals surface area contributed by atoms with Crippen LogP contribution in [0, 0.1) is 18.8 Å². The second-order valence-electron chi connectivity index (χ2n) is 7.86. The predicted octanol–water partition coefficient (Wildman–Crippen LogP) is 2.11. The van der Waals surface area contributed by atoms with Crippen LogP contribution in [-0.4, -0.2) is 27.8 Å². The van der Waals surface area contributed by atoms with Crippen LogP contribution >= 0.6 is 0 Å². The number of fused-ring (bicyclic) bond motifs is 2. The monoisotopic (exact) mass is 354 g/mol. The molecule has 1 aromatic carbocycles. The molecule has 1 heterocycles. The fourth-order valence-electron chi connectivity index (χ4n) is 4.65. The fraction of sp³-hybridized carbons (Fsp3) is 0.500. The summed E-state index contributed by atoms with van der Waals surface area (Å²) in [5.74, 6) is 0.699. The summed E-state index contributed by atoms with van der Waals surface area (Å²) in [6.45, 7) is 1.99. The Hall–Kier alpha value is -2.34. The number of nitrogens with zero attached hydrogens (tertiary/aromatic N) is 1. The molecule has 0 radical (unpaired) electrons. The number of amides is 1. The number of aromatic amines is 1. The third-order valence-corrected chi connectivity index (χ3v) is 5.93. The van der Waals surface area contributed by atoms with Gasteiger partial charge in [-0.05, 0) is 56.6 Å². The SMILES string of the molecule is Cc1ccc(-n2[nH]c(C(=O)NC3C4CCCC3CC(N)C4)cc2=O)cc1. The van der Waals surface area contributed by atoms with Crippen molar-refractivity contribution >= 4 is 5.91 Å². The van der Waals surface area contributed by atoms with E-state index in [1.165, 1.54) is 17.2 Å². The van der Waals surface area contributed by atoms with Gasteiger partial charge >= 0.3 is 0 Å². The van der Waals surface area contributed by atoms with Crippen molar-refractivity contribution in [1.82, 2.24) is 15.1 Å². The van der Waals surface area contributed by atoms with E-state index in [4.69, 9.17) is 5.73 Å². The third-order valence-electron chi connectivity index (χ3n) is 5.93. The quantitative estimate of drug-likeness (QED) is 0.788. The van der Waals surface area contributed by atoms with Crippen molar-refractivity contribution in [2.24, 2.45) is 17.6 Å². The zero-order valence-corrected chi connectivity index (χ0v) is 15.1. The highest BCUT2D eigenvalue weighted by molar-refractivity contribution is 5.92. The van der Waals surface area contributed by atoms with E-state index in [1.54, 1.807) is 0 Å². The minimum absolute atomic E-state index is 0.169. The van der Waals surface area contributed by atoms with Crippen LogP contribution in [0.3, 0.4) is 0 Å². The maximum absolute atomic E-state index is 12.8. The molecule has 6 nitrogen and oxygen atoms in total. The maximum atomic E-state index is 12.8. The second kappa shape index (κ2) is 6.76. The van der Waals surface area contributed by atoms with E-state index in [2.05, 4.69) is 10.4 Å². The lowest BCUT2D eigenvalue weighted by atomic mass is 9.67. The van der Waals surface area contributed by atoms with Crippen LogP contribution in [0.25, 0.3) is 5.69 Å². The zero-order valence-electron chi connectivity index (χ0n) is 15.1. The number of aromatic nitrogens is 2. The Labute approximate surface area is 152 Å². The highest BCUT2D eigenvalue weighted by Gasteiger charge is 2.40. The smallest absolute Gasteiger partial charge is 0.271 e. The maximum Gasteiger partial charge on any atom is 0.271 e. The molecule has 6 heteroatoms. The van der Waals surface area contributed by atoms with Crippen molar-refractivity contribution in [3.8, 4) is 5.69 Å². The normalized spacial score (nSPS) is 27.9. The first kappa shape index (κ1) is 17.1. The van der Waals surface area contributed by atoms with Crippen LogP contribution in [0.1, 0.15) is 48.2 Å². The molecule has 2 bridgehead atoms. The molecule has 0 spiro atoms. The van der Waals surface area contributed by atoms with Gasteiger partial charge in [0.1, 0.15) is 5.69 Å². The summed E-state index contributed by atoms with van der Waals surface area (Å²) < 4.78 is 1.41. The van der Waals surface area contributed by atoms with Crippen molar-refractivity contribution in [3.05, 3.63) is 51.9 Å². The molecule has 2 atom stereocenters. The van der Waals surface area contributed by atoms with Crippen LogP contribution in [0.15, 0.2) is 35.1 Å². The van der Waals surface area contributed by atoms with Crippen LogP contribution in [0.4, 0.5) is 0 Å². The average molecular weight is 354 g/mol. The number of carbonyl (C=O) groups is 1. The highest BCUT2D eigenvalue weighted by Crippen LogP contribution is 2.39. The Morgan fingerprint density at radius 1 is 1.19 bits per heavy atom. The Bertz CT molecular complexity index is 837. The van der Waals surface area contributed by atoms with Crippen LogP contribution in [-0.2, 0) is 0 Å². The first-order valence-electron chi connectivity index (χ1n) is 9.47. The van der Waals surface area contributed by atoms with E-state index in [1.807, 2.05) is 31.2 Å². The van der Waals surface area contributed by atoms with Crippen LogP contribution in [0.2, 0.25) is 0 Å². The van der Waals surface area contributed by atoms with Gasteiger partial charge in [0.05, 0.1) is 5.69 Å². The van der Waals surface area contributed by atoms with E-state index < -0.39 is 0 Å². The molecule has 1 amide bonds. The van der Waals surface area contributed by atoms with Gasteiger partial charge in [-0.1, -0.05) is 24.1 Å². The van der Waals surface area contributed by atoms with E-state index in [-0.39, 0.29) is 23.6 Å². The van der Waals surface area contributed by atoms with E-state index in [0.717, 1.165) is 36.9 Å². The number of hydrogen-bond acceptors (Lipinski definition) is 3. The van der Waals surface area contributed by atoms with Crippen molar-refractivity contribution in [1.29, 1.82) is 0 Å². The molecule has 2 unspecified atom stereocenters. The Morgan fingerprint density at radius 3 is 2.50 bits per heavy atom. The number of nitrogens with one attached hydrogen (secondary N) is 2. The first-order chi connectivity index (χ1) is 12.5. The third kappa shape index (κ3) is 3.21. The summed E-state index contributed by atoms with van der Waals surface area (Å²) in [6, 6.07) is 9.40. The van der Waals surface area contributed by atoms with Gasteiger partial charge in [0.25, 0.3) is 11.5 Å². The highest BCUT2D eigenvalue weighted by atomic mass is 16.2. The van der Waals surface area contributed by atoms with Crippen molar-refractivity contribution < 1.29 is 4.79 Å². The molecule has 138 valence electrons. The van der Waals surface area contributed by atoms with Gasteiger partial charge in [-0.2, -0.15) is 0 Å². The number of H-pyrrole nitrogens is 1. The standard InChI is InChI=1S/C20H26N4O2/c1-12-5-7-16(8-6-12)24-18(25)11-17(23-24)20(26)22-19-13-3-2-4-14(19)10-15(21)9-13/h5-8,11,13-15,19,23H,2-4,9-10,21H2,1H3,(H,22,26). The second-order valence-corrected chi connectivity index (χ2v) is 7.86. The molecule has 0 aliphatic heterocycles. The molecule has 2 aliphatic carbocycles. The summed E-state index contributed by atoms with van der Waals surface area (Å²) in [4.78, 5) is 25.0. The topological polar surface area (TPSA) is 92.9 Å². The van der Waals surface area contributed by atoms with Gasteiger partial charge in [-0.3, -0.25) is 14.7 Å². The first-order valence-corrected chi connectivity index (χ1v) is 9.47. The van der Waals surface area contributed by atoms with Crippen molar-refractivity contribution in [3.63, 3.8) is 0 Å². The van der Waals surface area contributed by atoms with Crippen molar-refractivity contribution in [2.45, 2.75) is 51.1 Å². The summed E-state index contributed by atoms with van der Waals surface area (Å²) in [5, 5.41) is 6.13. The van der Waals surface area contributed by atoms with Gasteiger partial charge in [-0.15, -0.1) is 0 Å². The summed E-state index contributed by atoms with van der Waals surface area (Å²) in [6.07, 6.45) is 5.41. The molecule has 2 fully saturated rings. The van der Waals surface area contributed by atoms with Gasteiger partial charge in [0.15, 0.2) is 0 Å². The number of rotatable bonds is 3. The van der Waals surface area contributed by atoms with Gasteiger partial charge in [0, 0.05) is 18.2 Å².